The molecule has 4 rings (SSSR count). The smallest absolute Gasteiger partial charge is 0.339 e. The largest absolute Gasteiger partial charge is 0.494 e. The van der Waals surface area contributed by atoms with Gasteiger partial charge in [0.05, 0.1) is 17.9 Å². The lowest BCUT2D eigenvalue weighted by atomic mass is 9.71. The minimum absolute atomic E-state index is 0.0594. The van der Waals surface area contributed by atoms with Crippen LogP contribution >= 0.6 is 0 Å². The molecule has 0 saturated carbocycles. The number of carboxylic acids is 1. The van der Waals surface area contributed by atoms with Crippen molar-refractivity contribution in [2.24, 2.45) is 5.92 Å². The molecular formula is C30H37N3O4. The Morgan fingerprint density at radius 2 is 1.78 bits per heavy atom. The van der Waals surface area contributed by atoms with Gasteiger partial charge in [-0.1, -0.05) is 45.9 Å². The SMILES string of the molecule is CC(C)C1N(C(=O)c2ccc(OCCCN(C)C)cc2)C=C(C(=O)O)c2[nH]c3ccccc3c2C1(C)C. The van der Waals surface area contributed by atoms with Crippen LogP contribution < -0.4 is 4.74 Å². The number of para-hydroxylation sites is 1. The molecule has 3 aromatic rings. The number of rotatable bonds is 8. The molecule has 7 nitrogen and oxygen atoms in total. The number of aliphatic carboxylic acids is 1. The van der Waals surface area contributed by atoms with Gasteiger partial charge < -0.3 is 24.6 Å². The molecule has 0 saturated heterocycles. The number of H-pyrrole nitrogens is 1. The van der Waals surface area contributed by atoms with Gasteiger partial charge >= 0.3 is 5.97 Å². The molecule has 1 aliphatic heterocycles. The van der Waals surface area contributed by atoms with E-state index in [2.05, 4.69) is 37.6 Å². The van der Waals surface area contributed by atoms with Crippen molar-refractivity contribution in [2.45, 2.75) is 45.6 Å². The van der Waals surface area contributed by atoms with Crippen LogP contribution in [0.1, 0.15) is 55.7 Å². The number of aromatic amines is 1. The van der Waals surface area contributed by atoms with E-state index in [0.717, 1.165) is 29.4 Å². The van der Waals surface area contributed by atoms with Crippen molar-refractivity contribution in [3.8, 4) is 5.75 Å². The van der Waals surface area contributed by atoms with Crippen molar-refractivity contribution in [3.05, 3.63) is 71.6 Å². The average molecular weight is 504 g/mol. The maximum Gasteiger partial charge on any atom is 0.339 e. The zero-order valence-electron chi connectivity index (χ0n) is 22.5. The summed E-state index contributed by atoms with van der Waals surface area (Å²) in [7, 11) is 4.05. The van der Waals surface area contributed by atoms with E-state index < -0.39 is 11.4 Å². The number of carbonyl (C=O) groups excluding carboxylic acids is 1. The van der Waals surface area contributed by atoms with Gasteiger partial charge in [-0.05, 0) is 62.3 Å². The first-order valence-electron chi connectivity index (χ1n) is 12.8. The minimum atomic E-state index is -1.08. The molecule has 0 bridgehead atoms. The van der Waals surface area contributed by atoms with Gasteiger partial charge in [-0.15, -0.1) is 0 Å². The summed E-state index contributed by atoms with van der Waals surface area (Å²) >= 11 is 0. The lowest BCUT2D eigenvalue weighted by Crippen LogP contribution is -2.50. The first-order chi connectivity index (χ1) is 17.5. The highest BCUT2D eigenvalue weighted by Crippen LogP contribution is 2.45. The molecular weight excluding hydrogens is 466 g/mol. The van der Waals surface area contributed by atoms with Crippen molar-refractivity contribution in [2.75, 3.05) is 27.2 Å². The van der Waals surface area contributed by atoms with Gasteiger partial charge in [0.25, 0.3) is 5.91 Å². The predicted octanol–water partition coefficient (Wildman–Crippen LogP) is 5.38. The predicted molar refractivity (Wildman–Crippen MR) is 147 cm³/mol. The van der Waals surface area contributed by atoms with E-state index >= 15 is 0 Å². The van der Waals surface area contributed by atoms with Crippen LogP contribution in [0.5, 0.6) is 5.75 Å². The number of benzene rings is 2. The summed E-state index contributed by atoms with van der Waals surface area (Å²) in [6.07, 6.45) is 2.42. The Morgan fingerprint density at radius 3 is 2.41 bits per heavy atom. The van der Waals surface area contributed by atoms with E-state index in [1.54, 1.807) is 29.2 Å². The van der Waals surface area contributed by atoms with Crippen LogP contribution in [0.15, 0.2) is 54.7 Å². The van der Waals surface area contributed by atoms with Gasteiger partial charge in [0, 0.05) is 40.7 Å². The molecule has 1 aliphatic rings. The number of nitrogens with one attached hydrogen (secondary N) is 1. The van der Waals surface area contributed by atoms with Crippen molar-refractivity contribution in [1.82, 2.24) is 14.8 Å². The van der Waals surface area contributed by atoms with E-state index in [1.165, 1.54) is 6.20 Å². The molecule has 2 N–H and O–H groups in total. The zero-order chi connectivity index (χ0) is 26.9. The molecule has 0 spiro atoms. The molecule has 2 aromatic carbocycles. The Morgan fingerprint density at radius 1 is 1.11 bits per heavy atom. The molecule has 1 aromatic heterocycles. The average Bonchev–Trinajstić information content (AvgIpc) is 3.19. The molecule has 0 fully saturated rings. The van der Waals surface area contributed by atoms with Crippen LogP contribution in [-0.4, -0.2) is 65.1 Å². The van der Waals surface area contributed by atoms with Gasteiger partial charge in [-0.3, -0.25) is 4.79 Å². The molecule has 196 valence electrons. The third-order valence-electron chi connectivity index (χ3n) is 7.14. The van der Waals surface area contributed by atoms with Crippen molar-refractivity contribution in [1.29, 1.82) is 0 Å². The monoisotopic (exact) mass is 503 g/mol. The number of ether oxygens (including phenoxy) is 1. The fourth-order valence-electron chi connectivity index (χ4n) is 5.71. The number of aromatic nitrogens is 1. The van der Waals surface area contributed by atoms with Gasteiger partial charge in [-0.2, -0.15) is 0 Å². The molecule has 7 heteroatoms. The quantitative estimate of drug-likeness (QED) is 0.403. The third-order valence-corrected chi connectivity index (χ3v) is 7.14. The maximum absolute atomic E-state index is 13.9. The summed E-state index contributed by atoms with van der Waals surface area (Å²) in [5.41, 5.74) is 2.39. The first kappa shape index (κ1) is 26.5. The van der Waals surface area contributed by atoms with Crippen molar-refractivity contribution >= 4 is 28.4 Å². The minimum Gasteiger partial charge on any atom is -0.494 e. The highest BCUT2D eigenvalue weighted by atomic mass is 16.5. The molecule has 0 radical (unpaired) electrons. The molecule has 1 unspecified atom stereocenters. The summed E-state index contributed by atoms with van der Waals surface area (Å²) in [6.45, 7) is 9.88. The van der Waals surface area contributed by atoms with E-state index in [0.29, 0.717) is 23.6 Å². The number of nitrogens with zero attached hydrogens (tertiary/aromatic N) is 2. The second-order valence-electron chi connectivity index (χ2n) is 10.9. The van der Waals surface area contributed by atoms with Crippen LogP contribution in [-0.2, 0) is 10.2 Å². The summed E-state index contributed by atoms with van der Waals surface area (Å²) in [4.78, 5) is 33.5. The van der Waals surface area contributed by atoms with Gasteiger partial charge in [0.1, 0.15) is 5.75 Å². The molecule has 1 amide bonds. The number of amides is 1. The van der Waals surface area contributed by atoms with Crippen LogP contribution in [0.3, 0.4) is 0 Å². The highest BCUT2D eigenvalue weighted by Gasteiger charge is 2.45. The van der Waals surface area contributed by atoms with Crippen LogP contribution in [0.4, 0.5) is 0 Å². The second kappa shape index (κ2) is 10.4. The Kier molecular flexibility index (Phi) is 7.46. The summed E-state index contributed by atoms with van der Waals surface area (Å²) in [5, 5.41) is 11.2. The van der Waals surface area contributed by atoms with Crippen LogP contribution in [0.25, 0.3) is 16.5 Å². The van der Waals surface area contributed by atoms with E-state index in [-0.39, 0.29) is 23.4 Å². The summed E-state index contributed by atoms with van der Waals surface area (Å²) in [6, 6.07) is 14.7. The normalized spacial score (nSPS) is 17.0. The van der Waals surface area contributed by atoms with Gasteiger partial charge in [0.2, 0.25) is 0 Å². The maximum atomic E-state index is 13.9. The van der Waals surface area contributed by atoms with E-state index in [1.807, 2.05) is 38.4 Å². The zero-order valence-corrected chi connectivity index (χ0v) is 22.5. The number of hydrogen-bond acceptors (Lipinski definition) is 4. The lowest BCUT2D eigenvalue weighted by molar-refractivity contribution is -0.130. The van der Waals surface area contributed by atoms with Gasteiger partial charge in [0.15, 0.2) is 0 Å². The van der Waals surface area contributed by atoms with Crippen LogP contribution in [0, 0.1) is 5.92 Å². The third kappa shape index (κ3) is 5.14. The molecule has 2 heterocycles. The first-order valence-corrected chi connectivity index (χ1v) is 12.8. The van der Waals surface area contributed by atoms with E-state index in [9.17, 15) is 14.7 Å². The number of carbonyl (C=O) groups is 2. The summed E-state index contributed by atoms with van der Waals surface area (Å²) in [5.74, 6) is -0.550. The Labute approximate surface area is 218 Å². The topological polar surface area (TPSA) is 85.9 Å². The standard InChI is InChI=1S/C30H37N3O4/c1-19(2)27-30(3,4)25-22-10-7-8-11-24(22)31-26(25)23(29(35)36)18-33(27)28(34)20-12-14-21(15-13-20)37-17-9-16-32(5)6/h7-8,10-15,18-19,27,31H,9,16-17H2,1-6H3,(H,35,36). The lowest BCUT2D eigenvalue weighted by Gasteiger charge is -2.42. The Bertz CT molecular complexity index is 1320. The molecule has 37 heavy (non-hydrogen) atoms. The van der Waals surface area contributed by atoms with Gasteiger partial charge in [-0.25, -0.2) is 4.79 Å². The Balaban J connectivity index is 1.73. The van der Waals surface area contributed by atoms with E-state index in [4.69, 9.17) is 4.74 Å². The fraction of sp³-hybridized carbons (Fsp3) is 0.400. The Hall–Kier alpha value is -3.58. The van der Waals surface area contributed by atoms with Crippen molar-refractivity contribution < 1.29 is 19.4 Å². The van der Waals surface area contributed by atoms with Crippen LogP contribution in [0.2, 0.25) is 0 Å². The number of hydrogen-bond donors (Lipinski definition) is 2. The molecule has 1 atom stereocenters. The molecule has 0 aliphatic carbocycles. The second-order valence-corrected chi connectivity index (χ2v) is 10.9. The number of carboxylic acid groups (broad SMARTS) is 1. The fourth-order valence-corrected chi connectivity index (χ4v) is 5.71. The highest BCUT2D eigenvalue weighted by molar-refractivity contribution is 6.17. The van der Waals surface area contributed by atoms with Crippen molar-refractivity contribution in [3.63, 3.8) is 0 Å². The number of fused-ring (bicyclic) bond motifs is 3. The summed E-state index contributed by atoms with van der Waals surface area (Å²) < 4.78 is 5.82.